The maximum Gasteiger partial charge on any atom is 0.0608 e. The summed E-state index contributed by atoms with van der Waals surface area (Å²) in [5, 5.41) is 5.00. The number of nitrogens with zero attached hydrogens (tertiary/aromatic N) is 1. The zero-order valence-corrected chi connectivity index (χ0v) is 22.7. The minimum absolute atomic E-state index is 1.04. The number of hydrogen-bond acceptors (Lipinski definition) is 2. The van der Waals surface area contributed by atoms with Gasteiger partial charge >= 0.3 is 0 Å². The number of rotatable bonds is 2. The number of hydrogen-bond donors (Lipinski definition) is 0. The standard InChI is InChI=1S/C38H25NS/c1-24-32(25(2)34-23-29-12-7-6-11-28(29)22-33(24)34)20-26-16-18-35-37(21-26)40-38-31-15-9-8-10-27(31)17-19-36(38)39(35)30-13-4-3-5-14-30/h3-23H,1-2H2. The van der Waals surface area contributed by atoms with Crippen molar-refractivity contribution < 1.29 is 0 Å². The van der Waals surface area contributed by atoms with Crippen molar-refractivity contribution in [2.75, 3.05) is 4.90 Å². The maximum atomic E-state index is 4.49. The molecule has 0 atom stereocenters. The Morgan fingerprint density at radius 3 is 1.93 bits per heavy atom. The maximum absolute atomic E-state index is 4.49. The number of anilines is 3. The molecule has 40 heavy (non-hydrogen) atoms. The summed E-state index contributed by atoms with van der Waals surface area (Å²) >= 11 is 1.86. The van der Waals surface area contributed by atoms with Gasteiger partial charge in [-0.3, -0.25) is 0 Å². The van der Waals surface area contributed by atoms with Gasteiger partial charge in [-0.05, 0) is 103 Å². The van der Waals surface area contributed by atoms with E-state index in [9.17, 15) is 0 Å². The summed E-state index contributed by atoms with van der Waals surface area (Å²) in [6.07, 6.45) is 2.25. The molecule has 0 saturated heterocycles. The van der Waals surface area contributed by atoms with Crippen molar-refractivity contribution in [3.05, 3.63) is 157 Å². The Labute approximate surface area is 238 Å². The average molecular weight is 528 g/mol. The van der Waals surface area contributed by atoms with Crippen LogP contribution in [0.5, 0.6) is 0 Å². The van der Waals surface area contributed by atoms with Gasteiger partial charge in [0.25, 0.3) is 0 Å². The zero-order chi connectivity index (χ0) is 26.8. The van der Waals surface area contributed by atoms with Gasteiger partial charge in [0.1, 0.15) is 0 Å². The Morgan fingerprint density at radius 2 is 1.20 bits per heavy atom. The van der Waals surface area contributed by atoms with E-state index in [1.165, 1.54) is 53.8 Å². The molecule has 0 fully saturated rings. The van der Waals surface area contributed by atoms with Gasteiger partial charge in [-0.15, -0.1) is 0 Å². The number of para-hydroxylation sites is 1. The molecule has 6 aromatic rings. The SMILES string of the molecule is C=C1C(=Cc2ccc3c(c2)Sc2c(ccc4ccccc24)N3c2ccccc2)C(=C)c2cc3ccccc3cc21. The molecular formula is C38H25NS. The fourth-order valence-electron chi connectivity index (χ4n) is 6.05. The average Bonchev–Trinajstić information content (AvgIpc) is 3.23. The lowest BCUT2D eigenvalue weighted by Gasteiger charge is -2.33. The van der Waals surface area contributed by atoms with Crippen molar-refractivity contribution in [1.82, 2.24) is 0 Å². The largest absolute Gasteiger partial charge is 0.308 e. The topological polar surface area (TPSA) is 3.24 Å². The second kappa shape index (κ2) is 8.87. The summed E-state index contributed by atoms with van der Waals surface area (Å²) in [7, 11) is 0. The van der Waals surface area contributed by atoms with Gasteiger partial charge in [-0.25, -0.2) is 0 Å². The minimum atomic E-state index is 1.04. The van der Waals surface area contributed by atoms with Gasteiger partial charge in [-0.1, -0.05) is 104 Å². The van der Waals surface area contributed by atoms with Gasteiger partial charge in [0.05, 0.1) is 11.4 Å². The molecule has 0 N–H and O–H groups in total. The summed E-state index contributed by atoms with van der Waals surface area (Å²) in [5.74, 6) is 0. The van der Waals surface area contributed by atoms with Crippen molar-refractivity contribution in [2.45, 2.75) is 9.79 Å². The lowest BCUT2D eigenvalue weighted by molar-refractivity contribution is 1.18. The second-order valence-corrected chi connectivity index (χ2v) is 11.4. The van der Waals surface area contributed by atoms with Crippen LogP contribution in [0.25, 0.3) is 38.8 Å². The first-order valence-corrected chi connectivity index (χ1v) is 14.3. The smallest absolute Gasteiger partial charge is 0.0608 e. The Kier molecular flexibility index (Phi) is 5.13. The summed E-state index contributed by atoms with van der Waals surface area (Å²) < 4.78 is 0. The van der Waals surface area contributed by atoms with E-state index in [4.69, 9.17) is 0 Å². The lowest BCUT2D eigenvalue weighted by atomic mass is 10.0. The fraction of sp³-hybridized carbons (Fsp3) is 0. The molecule has 8 rings (SSSR count). The zero-order valence-electron chi connectivity index (χ0n) is 21.9. The molecule has 1 aliphatic heterocycles. The summed E-state index contributed by atoms with van der Waals surface area (Å²) in [6.45, 7) is 8.98. The van der Waals surface area contributed by atoms with E-state index in [1.807, 2.05) is 11.8 Å². The Morgan fingerprint density at radius 1 is 0.575 bits per heavy atom. The molecule has 1 heterocycles. The van der Waals surface area contributed by atoms with Crippen LogP contribution in [0.4, 0.5) is 17.1 Å². The minimum Gasteiger partial charge on any atom is -0.308 e. The monoisotopic (exact) mass is 527 g/mol. The Balaban J connectivity index is 1.26. The second-order valence-electron chi connectivity index (χ2n) is 10.4. The molecule has 0 aromatic heterocycles. The van der Waals surface area contributed by atoms with Crippen LogP contribution in [-0.4, -0.2) is 0 Å². The van der Waals surface area contributed by atoms with Crippen molar-refractivity contribution in [1.29, 1.82) is 0 Å². The molecule has 0 unspecified atom stereocenters. The molecule has 0 bridgehead atoms. The van der Waals surface area contributed by atoms with Crippen LogP contribution < -0.4 is 4.90 Å². The third-order valence-electron chi connectivity index (χ3n) is 8.05. The quantitative estimate of drug-likeness (QED) is 0.220. The first kappa shape index (κ1) is 23.1. The predicted octanol–water partition coefficient (Wildman–Crippen LogP) is 11.1. The first-order valence-electron chi connectivity index (χ1n) is 13.5. The van der Waals surface area contributed by atoms with E-state index in [1.54, 1.807) is 0 Å². The highest BCUT2D eigenvalue weighted by Gasteiger charge is 2.28. The van der Waals surface area contributed by atoms with E-state index >= 15 is 0 Å². The number of benzene rings is 6. The fourth-order valence-corrected chi connectivity index (χ4v) is 7.29. The van der Waals surface area contributed by atoms with Crippen LogP contribution in [-0.2, 0) is 0 Å². The van der Waals surface area contributed by atoms with Crippen LogP contribution in [0.2, 0.25) is 0 Å². The molecule has 0 saturated carbocycles. The van der Waals surface area contributed by atoms with Crippen molar-refractivity contribution in [2.24, 2.45) is 0 Å². The van der Waals surface area contributed by atoms with Crippen molar-refractivity contribution in [3.8, 4) is 0 Å². The van der Waals surface area contributed by atoms with Crippen LogP contribution in [0.3, 0.4) is 0 Å². The molecule has 6 aromatic carbocycles. The highest BCUT2D eigenvalue weighted by molar-refractivity contribution is 8.00. The third kappa shape index (κ3) is 3.50. The third-order valence-corrected chi connectivity index (χ3v) is 9.23. The van der Waals surface area contributed by atoms with Gasteiger partial charge in [-0.2, -0.15) is 0 Å². The molecule has 2 aliphatic rings. The Hall–Kier alpha value is -4.79. The molecule has 1 nitrogen and oxygen atoms in total. The van der Waals surface area contributed by atoms with Crippen molar-refractivity contribution >= 4 is 67.6 Å². The highest BCUT2D eigenvalue weighted by Crippen LogP contribution is 2.54. The van der Waals surface area contributed by atoms with Gasteiger partial charge < -0.3 is 4.90 Å². The van der Waals surface area contributed by atoms with Crippen LogP contribution in [0, 0.1) is 0 Å². The van der Waals surface area contributed by atoms with Gasteiger partial charge in [0.15, 0.2) is 0 Å². The molecule has 1 aliphatic carbocycles. The molecule has 0 amide bonds. The first-order chi connectivity index (χ1) is 19.7. The Bertz CT molecular complexity index is 2010. The van der Waals surface area contributed by atoms with Crippen LogP contribution >= 0.6 is 11.8 Å². The predicted molar refractivity (Wildman–Crippen MR) is 173 cm³/mol. The van der Waals surface area contributed by atoms with E-state index in [0.717, 1.165) is 28.0 Å². The normalized spacial score (nSPS) is 13.9. The summed E-state index contributed by atoms with van der Waals surface area (Å²) in [5.41, 5.74) is 10.3. The molecule has 0 spiro atoms. The van der Waals surface area contributed by atoms with Gasteiger partial charge in [0, 0.05) is 15.5 Å². The van der Waals surface area contributed by atoms with E-state index in [-0.39, 0.29) is 0 Å². The summed E-state index contributed by atoms with van der Waals surface area (Å²) in [6, 6.07) is 43.6. The van der Waals surface area contributed by atoms with E-state index in [2.05, 4.69) is 145 Å². The summed E-state index contributed by atoms with van der Waals surface area (Å²) in [4.78, 5) is 4.91. The lowest BCUT2D eigenvalue weighted by Crippen LogP contribution is -2.15. The van der Waals surface area contributed by atoms with Crippen LogP contribution in [0.1, 0.15) is 16.7 Å². The molecule has 0 radical (unpaired) electrons. The molecular weight excluding hydrogens is 502 g/mol. The van der Waals surface area contributed by atoms with E-state index in [0.29, 0.717) is 0 Å². The molecule has 188 valence electrons. The van der Waals surface area contributed by atoms with E-state index < -0.39 is 0 Å². The number of allylic oxidation sites excluding steroid dienone is 3. The highest BCUT2D eigenvalue weighted by atomic mass is 32.2. The van der Waals surface area contributed by atoms with Crippen LogP contribution in [0.15, 0.2) is 150 Å². The van der Waals surface area contributed by atoms with Gasteiger partial charge in [0.2, 0.25) is 0 Å². The molecule has 2 heteroatoms. The number of fused-ring (bicyclic) bond motifs is 6. The van der Waals surface area contributed by atoms with Crippen molar-refractivity contribution in [3.63, 3.8) is 0 Å².